The zero-order valence-electron chi connectivity index (χ0n) is 12.8. The van der Waals surface area contributed by atoms with Gasteiger partial charge in [0, 0.05) is 17.5 Å². The lowest BCUT2D eigenvalue weighted by molar-refractivity contribution is -0.265. The highest BCUT2D eigenvalue weighted by molar-refractivity contribution is 5.81. The quantitative estimate of drug-likeness (QED) is 0.688. The number of halogens is 1. The highest BCUT2D eigenvalue weighted by Crippen LogP contribution is 2.28. The van der Waals surface area contributed by atoms with Crippen molar-refractivity contribution in [1.82, 2.24) is 0 Å². The number of aryl methyl sites for hydroxylation is 1. The van der Waals surface area contributed by atoms with Gasteiger partial charge in [-0.2, -0.15) is 0 Å². The Kier molecular flexibility index (Phi) is 4.55. The molecular weight excluding hydrogens is 323 g/mol. The molecule has 0 radical (unpaired) electrons. The Bertz CT molecular complexity index is 788. The van der Waals surface area contributed by atoms with Gasteiger partial charge in [-0.05, 0) is 24.6 Å². The molecular formula is C16H17FO7. The zero-order valence-corrected chi connectivity index (χ0v) is 12.8. The van der Waals surface area contributed by atoms with Gasteiger partial charge in [-0.1, -0.05) is 0 Å². The van der Waals surface area contributed by atoms with E-state index in [9.17, 15) is 19.4 Å². The van der Waals surface area contributed by atoms with Crippen LogP contribution in [0, 0.1) is 6.92 Å². The lowest BCUT2D eigenvalue weighted by Gasteiger charge is -2.38. The van der Waals surface area contributed by atoms with Crippen molar-refractivity contribution in [1.29, 1.82) is 0 Å². The van der Waals surface area contributed by atoms with Gasteiger partial charge < -0.3 is 29.2 Å². The van der Waals surface area contributed by atoms with Crippen molar-refractivity contribution in [2.45, 2.75) is 37.7 Å². The van der Waals surface area contributed by atoms with Crippen LogP contribution in [0.4, 0.5) is 4.39 Å². The number of benzene rings is 1. The lowest BCUT2D eigenvalue weighted by atomic mass is 10.0. The van der Waals surface area contributed by atoms with E-state index in [0.29, 0.717) is 5.39 Å². The number of ether oxygens (including phenoxy) is 2. The summed E-state index contributed by atoms with van der Waals surface area (Å²) >= 11 is 0. The third-order valence-corrected chi connectivity index (χ3v) is 3.97. The molecule has 1 aliphatic rings. The fraction of sp³-hybridized carbons (Fsp3) is 0.438. The van der Waals surface area contributed by atoms with Crippen LogP contribution >= 0.6 is 0 Å². The number of hydrogen-bond acceptors (Lipinski definition) is 7. The minimum atomic E-state index is -1.93. The normalized spacial score (nSPS) is 30.5. The summed E-state index contributed by atoms with van der Waals surface area (Å²) in [5.74, 6) is 0.196. The summed E-state index contributed by atoms with van der Waals surface area (Å²) in [5, 5.41) is 29.4. The topological polar surface area (TPSA) is 109 Å². The third-order valence-electron chi connectivity index (χ3n) is 3.97. The van der Waals surface area contributed by atoms with Gasteiger partial charge in [0.25, 0.3) is 0 Å². The van der Waals surface area contributed by atoms with Crippen LogP contribution in [0.5, 0.6) is 5.75 Å². The second-order valence-electron chi connectivity index (χ2n) is 5.68. The molecule has 2 heterocycles. The van der Waals surface area contributed by atoms with E-state index in [1.807, 2.05) is 0 Å². The van der Waals surface area contributed by atoms with Gasteiger partial charge in [0.1, 0.15) is 29.6 Å². The summed E-state index contributed by atoms with van der Waals surface area (Å²) in [6, 6.07) is 6.02. The van der Waals surface area contributed by atoms with Gasteiger partial charge in [0.05, 0.1) is 6.61 Å². The Morgan fingerprint density at radius 2 is 2.00 bits per heavy atom. The second kappa shape index (κ2) is 6.48. The Balaban J connectivity index is 1.87. The number of fused-ring (bicyclic) bond motifs is 1. The van der Waals surface area contributed by atoms with Crippen LogP contribution in [0.1, 0.15) is 5.56 Å². The van der Waals surface area contributed by atoms with E-state index in [1.54, 1.807) is 19.1 Å². The molecule has 8 heteroatoms. The molecule has 1 aromatic heterocycles. The largest absolute Gasteiger partial charge is 0.462 e. The monoisotopic (exact) mass is 340 g/mol. The molecule has 0 aliphatic carbocycles. The van der Waals surface area contributed by atoms with Crippen molar-refractivity contribution in [3.63, 3.8) is 0 Å². The summed E-state index contributed by atoms with van der Waals surface area (Å²) < 4.78 is 29.4. The molecule has 0 spiro atoms. The fourth-order valence-corrected chi connectivity index (χ4v) is 2.65. The van der Waals surface area contributed by atoms with Gasteiger partial charge in [-0.15, -0.1) is 0 Å². The van der Waals surface area contributed by atoms with Crippen molar-refractivity contribution in [3.05, 3.63) is 40.2 Å². The molecule has 3 N–H and O–H groups in total. The van der Waals surface area contributed by atoms with Crippen molar-refractivity contribution in [2.75, 3.05) is 6.61 Å². The van der Waals surface area contributed by atoms with Gasteiger partial charge in [-0.3, -0.25) is 0 Å². The molecule has 3 rings (SSSR count). The minimum Gasteiger partial charge on any atom is -0.462 e. The Labute approximate surface area is 135 Å². The molecule has 130 valence electrons. The summed E-state index contributed by atoms with van der Waals surface area (Å²) in [5.41, 5.74) is 0.505. The first-order chi connectivity index (χ1) is 11.4. The van der Waals surface area contributed by atoms with Crippen LogP contribution < -0.4 is 10.4 Å². The van der Waals surface area contributed by atoms with Crippen molar-refractivity contribution in [3.8, 4) is 5.75 Å². The van der Waals surface area contributed by atoms with E-state index in [0.717, 1.165) is 5.56 Å². The van der Waals surface area contributed by atoms with Gasteiger partial charge in [0.2, 0.25) is 6.29 Å². The first kappa shape index (κ1) is 16.8. The molecule has 1 aromatic carbocycles. The lowest BCUT2D eigenvalue weighted by Crippen LogP contribution is -2.58. The number of aliphatic hydroxyl groups is 3. The Hall–Kier alpha value is -2.00. The summed E-state index contributed by atoms with van der Waals surface area (Å²) in [6.07, 6.45) is -8.00. The Morgan fingerprint density at radius 1 is 1.25 bits per heavy atom. The highest BCUT2D eigenvalue weighted by Gasteiger charge is 2.45. The van der Waals surface area contributed by atoms with E-state index in [2.05, 4.69) is 0 Å². The maximum Gasteiger partial charge on any atom is 0.336 e. The molecule has 0 saturated carbocycles. The van der Waals surface area contributed by atoms with Gasteiger partial charge in [-0.25, -0.2) is 9.18 Å². The molecule has 7 nitrogen and oxygen atoms in total. The smallest absolute Gasteiger partial charge is 0.336 e. The molecule has 1 saturated heterocycles. The van der Waals surface area contributed by atoms with Crippen molar-refractivity contribution < 1.29 is 33.6 Å². The predicted molar refractivity (Wildman–Crippen MR) is 80.5 cm³/mol. The molecule has 1 fully saturated rings. The molecule has 2 aromatic rings. The number of hydrogen-bond donors (Lipinski definition) is 3. The maximum absolute atomic E-state index is 13.7. The van der Waals surface area contributed by atoms with Crippen LogP contribution in [-0.2, 0) is 4.74 Å². The minimum absolute atomic E-state index is 0.196. The highest BCUT2D eigenvalue weighted by atomic mass is 19.1. The summed E-state index contributed by atoms with van der Waals surface area (Å²) in [6.45, 7) is 1.09. The van der Waals surface area contributed by atoms with Crippen LogP contribution in [0.15, 0.2) is 33.5 Å². The van der Waals surface area contributed by atoms with E-state index < -0.39 is 43.0 Å². The van der Waals surface area contributed by atoms with Crippen molar-refractivity contribution >= 4 is 11.0 Å². The van der Waals surface area contributed by atoms with Crippen molar-refractivity contribution in [2.24, 2.45) is 0 Å². The first-order valence-electron chi connectivity index (χ1n) is 7.38. The number of alkyl halides is 1. The summed E-state index contributed by atoms with van der Waals surface area (Å²) in [4.78, 5) is 11.4. The van der Waals surface area contributed by atoms with Gasteiger partial charge >= 0.3 is 5.63 Å². The molecule has 0 bridgehead atoms. The van der Waals surface area contributed by atoms with E-state index in [-0.39, 0.29) is 11.3 Å². The Morgan fingerprint density at radius 3 is 2.71 bits per heavy atom. The zero-order chi connectivity index (χ0) is 17.4. The second-order valence-corrected chi connectivity index (χ2v) is 5.68. The summed E-state index contributed by atoms with van der Waals surface area (Å²) in [7, 11) is 0. The van der Waals surface area contributed by atoms with Crippen LogP contribution in [0.25, 0.3) is 11.0 Å². The molecule has 0 amide bonds. The van der Waals surface area contributed by atoms with Crippen LogP contribution in [-0.4, -0.2) is 52.7 Å². The maximum atomic E-state index is 13.7. The van der Waals surface area contributed by atoms with Crippen LogP contribution in [0.3, 0.4) is 0 Å². The average Bonchev–Trinajstić information content (AvgIpc) is 2.55. The van der Waals surface area contributed by atoms with E-state index >= 15 is 0 Å². The van der Waals surface area contributed by atoms with Crippen LogP contribution in [0.2, 0.25) is 0 Å². The SMILES string of the molecule is Cc1cc(=O)oc2cc(O[C@H]3O[C@H](CO)[C@H](F)C(O)[C@H]3O)ccc12. The third kappa shape index (κ3) is 3.01. The van der Waals surface area contributed by atoms with E-state index in [4.69, 9.17) is 19.0 Å². The molecule has 5 atom stereocenters. The molecule has 1 unspecified atom stereocenters. The number of aliphatic hydroxyl groups excluding tert-OH is 3. The predicted octanol–water partition coefficient (Wildman–Crippen LogP) is 0.257. The average molecular weight is 340 g/mol. The standard InChI is InChI=1S/C16H17FO7/c1-7-4-12(19)23-10-5-8(2-3-9(7)10)22-16-15(21)14(20)13(17)11(6-18)24-16/h2-5,11,13-16,18,20-21H,6H2,1H3/t11-,13+,14?,15-,16+/m1/s1. The van der Waals surface area contributed by atoms with Gasteiger partial charge in [0.15, 0.2) is 6.17 Å². The fourth-order valence-electron chi connectivity index (χ4n) is 2.65. The van der Waals surface area contributed by atoms with E-state index in [1.165, 1.54) is 12.1 Å². The number of rotatable bonds is 3. The molecule has 1 aliphatic heterocycles. The molecule has 24 heavy (non-hydrogen) atoms. The first-order valence-corrected chi connectivity index (χ1v) is 7.38.